The number of carbonyl (C=O) groups is 1. The number of nitrogens with one attached hydrogen (secondary N) is 3. The van der Waals surface area contributed by atoms with Crippen LogP contribution in [0.3, 0.4) is 0 Å². The van der Waals surface area contributed by atoms with Crippen LogP contribution in [-0.2, 0) is 6.42 Å². The summed E-state index contributed by atoms with van der Waals surface area (Å²) >= 11 is 0. The number of benzene rings is 1. The average molecular weight is 375 g/mol. The van der Waals surface area contributed by atoms with E-state index in [-0.39, 0.29) is 11.5 Å². The van der Waals surface area contributed by atoms with E-state index in [1.54, 1.807) is 24.4 Å². The van der Waals surface area contributed by atoms with Gasteiger partial charge in [-0.25, -0.2) is 4.98 Å². The zero-order valence-electron chi connectivity index (χ0n) is 14.8. The second kappa shape index (κ2) is 7.36. The molecule has 0 spiro atoms. The molecule has 140 valence electrons. The van der Waals surface area contributed by atoms with Gasteiger partial charge in [-0.1, -0.05) is 24.3 Å². The van der Waals surface area contributed by atoms with Crippen molar-refractivity contribution >= 4 is 16.8 Å². The van der Waals surface area contributed by atoms with Crippen LogP contribution in [-0.4, -0.2) is 37.5 Å². The third kappa shape index (κ3) is 3.35. The molecule has 0 atom stereocenters. The molecule has 3 heterocycles. The van der Waals surface area contributed by atoms with Gasteiger partial charge >= 0.3 is 0 Å². The molecule has 1 aromatic carbocycles. The average Bonchev–Trinajstić information content (AvgIpc) is 3.13. The van der Waals surface area contributed by atoms with Crippen molar-refractivity contribution in [3.8, 4) is 17.3 Å². The van der Waals surface area contributed by atoms with Crippen LogP contribution in [0.5, 0.6) is 5.75 Å². The third-order valence-electron chi connectivity index (χ3n) is 4.37. The highest BCUT2D eigenvalue weighted by Crippen LogP contribution is 2.18. The van der Waals surface area contributed by atoms with Gasteiger partial charge in [-0.15, -0.1) is 0 Å². The molecule has 0 aliphatic rings. The number of hydrogen-bond donors (Lipinski definition) is 4. The van der Waals surface area contributed by atoms with Gasteiger partial charge in [-0.2, -0.15) is 0 Å². The maximum Gasteiger partial charge on any atom is 0.294 e. The molecule has 0 radical (unpaired) electrons. The van der Waals surface area contributed by atoms with E-state index in [4.69, 9.17) is 0 Å². The molecule has 0 aliphatic carbocycles. The van der Waals surface area contributed by atoms with Crippen LogP contribution in [0.4, 0.5) is 0 Å². The summed E-state index contributed by atoms with van der Waals surface area (Å²) in [6.07, 6.45) is 4.04. The lowest BCUT2D eigenvalue weighted by molar-refractivity contribution is 0.0946. The third-order valence-corrected chi connectivity index (χ3v) is 4.37. The summed E-state index contributed by atoms with van der Waals surface area (Å²) in [6.45, 7) is 0.327. The Bertz CT molecular complexity index is 1200. The molecule has 0 unspecified atom stereocenters. The van der Waals surface area contributed by atoms with Gasteiger partial charge in [0.2, 0.25) is 5.75 Å². The molecule has 28 heavy (non-hydrogen) atoms. The second-order valence-corrected chi connectivity index (χ2v) is 6.19. The lowest BCUT2D eigenvalue weighted by Gasteiger charge is -2.07. The Hall–Kier alpha value is -3.94. The Morgan fingerprint density at radius 3 is 2.79 bits per heavy atom. The number of aromatic hydroxyl groups is 1. The van der Waals surface area contributed by atoms with Gasteiger partial charge in [-0.05, 0) is 30.2 Å². The number of H-pyrrole nitrogens is 2. The van der Waals surface area contributed by atoms with Crippen LogP contribution < -0.4 is 10.9 Å². The monoisotopic (exact) mass is 375 g/mol. The maximum absolute atomic E-state index is 12.5. The molecule has 8 heteroatoms. The lowest BCUT2D eigenvalue weighted by atomic mass is 10.1. The molecule has 0 saturated carbocycles. The minimum atomic E-state index is -0.794. The first-order valence-corrected chi connectivity index (χ1v) is 8.71. The summed E-state index contributed by atoms with van der Waals surface area (Å²) in [5.41, 5.74) is 1.36. The van der Waals surface area contributed by atoms with Gasteiger partial charge in [0, 0.05) is 29.8 Å². The Labute approximate surface area is 159 Å². The van der Waals surface area contributed by atoms with Crippen molar-refractivity contribution in [2.24, 2.45) is 0 Å². The SMILES string of the molecule is O=C(NCCc1c[nH]c2ccccc12)c1nc(-c2ccccn2)[nH]c(=O)c1O. The Morgan fingerprint density at radius 2 is 1.96 bits per heavy atom. The maximum atomic E-state index is 12.5. The predicted molar refractivity (Wildman–Crippen MR) is 104 cm³/mol. The van der Waals surface area contributed by atoms with E-state index in [9.17, 15) is 14.7 Å². The number of hydrogen-bond acceptors (Lipinski definition) is 5. The fraction of sp³-hybridized carbons (Fsp3) is 0.100. The normalized spacial score (nSPS) is 10.9. The number of para-hydroxylation sites is 1. The first-order chi connectivity index (χ1) is 13.6. The quantitative estimate of drug-likeness (QED) is 0.425. The van der Waals surface area contributed by atoms with Crippen molar-refractivity contribution in [1.29, 1.82) is 0 Å². The topological polar surface area (TPSA) is 124 Å². The number of rotatable bonds is 5. The van der Waals surface area contributed by atoms with Gasteiger partial charge in [0.05, 0.1) is 0 Å². The van der Waals surface area contributed by atoms with Gasteiger partial charge in [0.25, 0.3) is 11.5 Å². The molecular weight excluding hydrogens is 358 g/mol. The zero-order valence-corrected chi connectivity index (χ0v) is 14.8. The van der Waals surface area contributed by atoms with E-state index >= 15 is 0 Å². The molecule has 0 saturated heterocycles. The Kier molecular flexibility index (Phi) is 4.59. The van der Waals surface area contributed by atoms with Gasteiger partial charge in [-0.3, -0.25) is 14.6 Å². The summed E-state index contributed by atoms with van der Waals surface area (Å²) < 4.78 is 0. The van der Waals surface area contributed by atoms with Crippen molar-refractivity contribution in [2.75, 3.05) is 6.54 Å². The first kappa shape index (κ1) is 17.5. The minimum absolute atomic E-state index is 0.116. The Morgan fingerprint density at radius 1 is 1.14 bits per heavy atom. The van der Waals surface area contributed by atoms with E-state index in [0.29, 0.717) is 18.7 Å². The number of pyridine rings is 1. The number of aromatic nitrogens is 4. The molecule has 4 rings (SSSR count). The first-order valence-electron chi connectivity index (χ1n) is 8.71. The van der Waals surface area contributed by atoms with Crippen LogP contribution in [0.25, 0.3) is 22.4 Å². The smallest absolute Gasteiger partial charge is 0.294 e. The fourth-order valence-corrected chi connectivity index (χ4v) is 2.98. The van der Waals surface area contributed by atoms with Crippen LogP contribution in [0.15, 0.2) is 59.7 Å². The number of carbonyl (C=O) groups excluding carboxylic acids is 1. The van der Waals surface area contributed by atoms with Crippen LogP contribution in [0.1, 0.15) is 16.1 Å². The van der Waals surface area contributed by atoms with Crippen molar-refractivity contribution in [2.45, 2.75) is 6.42 Å². The standard InChI is InChI=1S/C20H17N5O3/c26-17-16(24-18(25-20(17)28)15-7-3-4-9-21-15)19(27)22-10-8-12-11-23-14-6-2-1-5-13(12)14/h1-7,9,11,23,26H,8,10H2,(H,22,27)(H,24,25,28). The molecule has 0 bridgehead atoms. The molecule has 1 amide bonds. The summed E-state index contributed by atoms with van der Waals surface area (Å²) in [7, 11) is 0. The van der Waals surface area contributed by atoms with E-state index in [0.717, 1.165) is 16.5 Å². The molecule has 0 aliphatic heterocycles. The van der Waals surface area contributed by atoms with Crippen molar-refractivity contribution in [3.05, 3.63) is 76.5 Å². The fourth-order valence-electron chi connectivity index (χ4n) is 2.98. The predicted octanol–water partition coefficient (Wildman–Crippen LogP) is 1.99. The number of nitrogens with zero attached hydrogens (tertiary/aromatic N) is 2. The highest BCUT2D eigenvalue weighted by Gasteiger charge is 2.18. The van der Waals surface area contributed by atoms with Crippen molar-refractivity contribution in [3.63, 3.8) is 0 Å². The highest BCUT2D eigenvalue weighted by atomic mass is 16.3. The van der Waals surface area contributed by atoms with Crippen LogP contribution in [0.2, 0.25) is 0 Å². The molecule has 3 aromatic heterocycles. The van der Waals surface area contributed by atoms with Gasteiger partial charge in [0.1, 0.15) is 5.69 Å². The van der Waals surface area contributed by atoms with E-state index in [1.807, 2.05) is 30.5 Å². The summed E-state index contributed by atoms with van der Waals surface area (Å²) in [4.78, 5) is 38.3. The van der Waals surface area contributed by atoms with E-state index in [1.165, 1.54) is 0 Å². The summed E-state index contributed by atoms with van der Waals surface area (Å²) in [5, 5.41) is 13.8. The molecule has 4 aromatic rings. The van der Waals surface area contributed by atoms with E-state index < -0.39 is 17.2 Å². The largest absolute Gasteiger partial charge is 0.501 e. The Balaban J connectivity index is 1.51. The van der Waals surface area contributed by atoms with Crippen molar-refractivity contribution in [1.82, 2.24) is 25.3 Å². The van der Waals surface area contributed by atoms with Gasteiger partial charge in [0.15, 0.2) is 11.5 Å². The summed E-state index contributed by atoms with van der Waals surface area (Å²) in [6, 6.07) is 13.0. The highest BCUT2D eigenvalue weighted by molar-refractivity contribution is 5.95. The minimum Gasteiger partial charge on any atom is -0.501 e. The number of fused-ring (bicyclic) bond motifs is 1. The van der Waals surface area contributed by atoms with Crippen LogP contribution in [0, 0.1) is 0 Å². The number of aromatic amines is 2. The van der Waals surface area contributed by atoms with Crippen LogP contribution >= 0.6 is 0 Å². The number of amides is 1. The molecule has 4 N–H and O–H groups in total. The summed E-state index contributed by atoms with van der Waals surface area (Å²) in [5.74, 6) is -1.23. The molecule has 8 nitrogen and oxygen atoms in total. The molecule has 0 fully saturated rings. The van der Waals surface area contributed by atoms with Crippen molar-refractivity contribution < 1.29 is 9.90 Å². The zero-order chi connectivity index (χ0) is 19.5. The van der Waals surface area contributed by atoms with Gasteiger partial charge < -0.3 is 20.4 Å². The van der Waals surface area contributed by atoms with E-state index in [2.05, 4.69) is 25.3 Å². The second-order valence-electron chi connectivity index (χ2n) is 6.19. The molecular formula is C20H17N5O3. The lowest BCUT2D eigenvalue weighted by Crippen LogP contribution is -2.28.